The van der Waals surface area contributed by atoms with Gasteiger partial charge in [-0.3, -0.25) is 0 Å². The predicted octanol–water partition coefficient (Wildman–Crippen LogP) is 1.88. The van der Waals surface area contributed by atoms with Crippen molar-refractivity contribution in [2.75, 3.05) is 0 Å². The number of hydrogen-bond donors (Lipinski definition) is 1. The minimum Gasteiger partial charge on any atom is -0.399 e. The highest BCUT2D eigenvalue weighted by molar-refractivity contribution is 6.62. The second-order valence-corrected chi connectivity index (χ2v) is 6.34. The van der Waals surface area contributed by atoms with Crippen molar-refractivity contribution in [3.63, 3.8) is 0 Å². The highest BCUT2D eigenvalue weighted by atomic mass is 16.7. The van der Waals surface area contributed by atoms with Gasteiger partial charge in [0, 0.05) is 6.04 Å². The normalized spacial score (nSPS) is 21.6. The molecule has 1 heterocycles. The molecule has 1 aromatic rings. The van der Waals surface area contributed by atoms with Gasteiger partial charge in [-0.25, -0.2) is 0 Å². The summed E-state index contributed by atoms with van der Waals surface area (Å²) in [6, 6.07) is 7.62. The van der Waals surface area contributed by atoms with Crippen LogP contribution in [0, 0.1) is 11.3 Å². The fraction of sp³-hybridized carbons (Fsp3) is 0.533. The lowest BCUT2D eigenvalue weighted by molar-refractivity contribution is 0.00578. The topological polar surface area (TPSA) is 68.3 Å². The molecule has 2 rings (SSSR count). The van der Waals surface area contributed by atoms with Gasteiger partial charge in [0.15, 0.2) is 0 Å². The van der Waals surface area contributed by atoms with Crippen molar-refractivity contribution < 1.29 is 9.31 Å². The predicted molar refractivity (Wildman–Crippen MR) is 79.5 cm³/mol. The molecule has 0 bridgehead atoms. The average Bonchev–Trinajstić information content (AvgIpc) is 2.57. The molecule has 0 amide bonds. The quantitative estimate of drug-likeness (QED) is 0.834. The third-order valence-electron chi connectivity index (χ3n) is 4.21. The molecular weight excluding hydrogens is 251 g/mol. The standard InChI is InChI=1S/C15H21BN2O2/c1-10(18)13-7-6-12(8-11(13)9-17)16-19-14(2,3)15(4,5)20-16/h6-8,10H,18H2,1-5H3. The maximum atomic E-state index is 9.25. The summed E-state index contributed by atoms with van der Waals surface area (Å²) >= 11 is 0. The molecular formula is C15H21BN2O2. The fourth-order valence-corrected chi connectivity index (χ4v) is 2.19. The first-order chi connectivity index (χ1) is 9.18. The zero-order chi connectivity index (χ0) is 15.1. The van der Waals surface area contributed by atoms with Crippen LogP contribution in [-0.2, 0) is 9.31 Å². The van der Waals surface area contributed by atoms with Crippen molar-refractivity contribution in [2.24, 2.45) is 5.73 Å². The Bertz CT molecular complexity index is 545. The Hall–Kier alpha value is -1.35. The van der Waals surface area contributed by atoms with Gasteiger partial charge in [0.1, 0.15) is 0 Å². The molecule has 1 aliphatic heterocycles. The van der Waals surface area contributed by atoms with Crippen LogP contribution in [0.4, 0.5) is 0 Å². The van der Waals surface area contributed by atoms with E-state index in [0.717, 1.165) is 11.0 Å². The molecule has 5 heteroatoms. The van der Waals surface area contributed by atoms with Gasteiger partial charge in [0.2, 0.25) is 0 Å². The number of hydrogen-bond acceptors (Lipinski definition) is 4. The summed E-state index contributed by atoms with van der Waals surface area (Å²) < 4.78 is 12.0. The Balaban J connectivity index is 2.35. The summed E-state index contributed by atoms with van der Waals surface area (Å²) in [7, 11) is -0.450. The van der Waals surface area contributed by atoms with Crippen molar-refractivity contribution in [1.29, 1.82) is 5.26 Å². The summed E-state index contributed by atoms with van der Waals surface area (Å²) in [5, 5.41) is 9.25. The molecule has 1 aliphatic rings. The van der Waals surface area contributed by atoms with Crippen LogP contribution in [0.5, 0.6) is 0 Å². The highest BCUT2D eigenvalue weighted by Gasteiger charge is 2.51. The molecule has 1 saturated heterocycles. The van der Waals surface area contributed by atoms with Gasteiger partial charge in [-0.1, -0.05) is 12.1 Å². The van der Waals surface area contributed by atoms with E-state index in [4.69, 9.17) is 15.0 Å². The van der Waals surface area contributed by atoms with E-state index in [-0.39, 0.29) is 17.2 Å². The molecule has 1 aromatic carbocycles. The molecule has 0 spiro atoms. The lowest BCUT2D eigenvalue weighted by atomic mass is 9.77. The van der Waals surface area contributed by atoms with E-state index in [0.29, 0.717) is 5.56 Å². The second-order valence-electron chi connectivity index (χ2n) is 6.34. The lowest BCUT2D eigenvalue weighted by Gasteiger charge is -2.32. The molecule has 2 N–H and O–H groups in total. The van der Waals surface area contributed by atoms with Gasteiger partial charge >= 0.3 is 7.12 Å². The van der Waals surface area contributed by atoms with Crippen molar-refractivity contribution in [2.45, 2.75) is 51.9 Å². The number of nitrogens with two attached hydrogens (primary N) is 1. The molecule has 0 saturated carbocycles. The van der Waals surface area contributed by atoms with Crippen molar-refractivity contribution in [3.05, 3.63) is 29.3 Å². The van der Waals surface area contributed by atoms with Crippen LogP contribution < -0.4 is 11.2 Å². The Kier molecular flexibility index (Phi) is 3.68. The molecule has 0 radical (unpaired) electrons. The average molecular weight is 272 g/mol. The van der Waals surface area contributed by atoms with Crippen LogP contribution in [0.3, 0.4) is 0 Å². The van der Waals surface area contributed by atoms with Gasteiger partial charge in [-0.2, -0.15) is 5.26 Å². The molecule has 4 nitrogen and oxygen atoms in total. The summed E-state index contributed by atoms with van der Waals surface area (Å²) in [6.45, 7) is 9.90. The van der Waals surface area contributed by atoms with Gasteiger partial charge in [0.25, 0.3) is 0 Å². The Morgan fingerprint density at radius 1 is 1.20 bits per heavy atom. The smallest absolute Gasteiger partial charge is 0.399 e. The van der Waals surface area contributed by atoms with E-state index >= 15 is 0 Å². The Labute approximate surface area is 121 Å². The maximum Gasteiger partial charge on any atom is 0.494 e. The molecule has 0 aliphatic carbocycles. The largest absolute Gasteiger partial charge is 0.494 e. The Morgan fingerprint density at radius 2 is 1.75 bits per heavy atom. The molecule has 1 fully saturated rings. The fourth-order valence-electron chi connectivity index (χ4n) is 2.19. The lowest BCUT2D eigenvalue weighted by Crippen LogP contribution is -2.41. The monoisotopic (exact) mass is 272 g/mol. The zero-order valence-corrected chi connectivity index (χ0v) is 12.7. The minimum atomic E-state index is -0.450. The second kappa shape index (κ2) is 4.89. The number of benzene rings is 1. The van der Waals surface area contributed by atoms with Gasteiger partial charge in [-0.05, 0) is 51.7 Å². The van der Waals surface area contributed by atoms with Crippen molar-refractivity contribution in [3.8, 4) is 6.07 Å². The Morgan fingerprint density at radius 3 is 2.20 bits per heavy atom. The molecule has 106 valence electrons. The van der Waals surface area contributed by atoms with Crippen molar-refractivity contribution in [1.82, 2.24) is 0 Å². The van der Waals surface area contributed by atoms with Crippen LogP contribution >= 0.6 is 0 Å². The van der Waals surface area contributed by atoms with E-state index < -0.39 is 7.12 Å². The highest BCUT2D eigenvalue weighted by Crippen LogP contribution is 2.36. The maximum absolute atomic E-state index is 9.25. The first kappa shape index (κ1) is 15.1. The third-order valence-corrected chi connectivity index (χ3v) is 4.21. The van der Waals surface area contributed by atoms with Gasteiger partial charge < -0.3 is 15.0 Å². The van der Waals surface area contributed by atoms with Gasteiger partial charge in [0.05, 0.1) is 22.8 Å². The molecule has 0 aromatic heterocycles. The molecule has 1 atom stereocenters. The zero-order valence-electron chi connectivity index (χ0n) is 12.7. The number of nitrogens with zero attached hydrogens (tertiary/aromatic N) is 1. The van der Waals surface area contributed by atoms with E-state index in [2.05, 4.69) is 6.07 Å². The van der Waals surface area contributed by atoms with Crippen LogP contribution in [0.25, 0.3) is 0 Å². The van der Waals surface area contributed by atoms with E-state index in [1.807, 2.05) is 46.8 Å². The summed E-state index contributed by atoms with van der Waals surface area (Å²) in [5.41, 5.74) is 7.37. The number of rotatable bonds is 2. The van der Waals surface area contributed by atoms with Crippen LogP contribution in [0.15, 0.2) is 18.2 Å². The summed E-state index contributed by atoms with van der Waals surface area (Å²) in [5.74, 6) is 0. The SMILES string of the molecule is CC(N)c1ccc(B2OC(C)(C)C(C)(C)O2)cc1C#N. The summed E-state index contributed by atoms with van der Waals surface area (Å²) in [4.78, 5) is 0. The van der Waals surface area contributed by atoms with E-state index in [9.17, 15) is 5.26 Å². The van der Waals surface area contributed by atoms with Crippen molar-refractivity contribution >= 4 is 12.6 Å². The van der Waals surface area contributed by atoms with E-state index in [1.165, 1.54) is 0 Å². The first-order valence-corrected chi connectivity index (χ1v) is 6.83. The van der Waals surface area contributed by atoms with Gasteiger partial charge in [-0.15, -0.1) is 0 Å². The van der Waals surface area contributed by atoms with E-state index in [1.54, 1.807) is 6.07 Å². The first-order valence-electron chi connectivity index (χ1n) is 6.83. The minimum absolute atomic E-state index is 0.169. The summed E-state index contributed by atoms with van der Waals surface area (Å²) in [6.07, 6.45) is 0. The van der Waals surface area contributed by atoms with Crippen LogP contribution in [0.1, 0.15) is 51.8 Å². The molecule has 1 unspecified atom stereocenters. The molecule has 20 heavy (non-hydrogen) atoms. The van der Waals surface area contributed by atoms with Crippen LogP contribution in [0.2, 0.25) is 0 Å². The van der Waals surface area contributed by atoms with Crippen LogP contribution in [-0.4, -0.2) is 18.3 Å². The third kappa shape index (κ3) is 2.47. The number of nitriles is 1.